The number of nitrogens with one attached hydrogen (secondary N) is 3. The van der Waals surface area contributed by atoms with Crippen LogP contribution in [0.15, 0.2) is 27.9 Å². The molecule has 0 amide bonds. The second-order valence-corrected chi connectivity index (χ2v) is 3.34. The smallest absolute Gasteiger partial charge is 0.129 e. The number of rotatable bonds is 6. The lowest BCUT2D eigenvalue weighted by atomic mass is 10.2. The van der Waals surface area contributed by atoms with E-state index in [-0.39, 0.29) is 0 Å². The average Bonchev–Trinajstić information content (AvgIpc) is 2.19. The van der Waals surface area contributed by atoms with E-state index in [4.69, 9.17) is 5.41 Å². The Labute approximate surface area is 89.2 Å². The van der Waals surface area contributed by atoms with Gasteiger partial charge in [-0.1, -0.05) is 11.9 Å². The minimum absolute atomic E-state index is 0.421. The lowest BCUT2D eigenvalue weighted by Crippen LogP contribution is -2.09. The van der Waals surface area contributed by atoms with Gasteiger partial charge in [0.2, 0.25) is 0 Å². The Morgan fingerprint density at radius 2 is 2.14 bits per heavy atom. The molecule has 0 aliphatic heterocycles. The first-order chi connectivity index (χ1) is 6.67. The first-order valence-electron chi connectivity index (χ1n) is 4.10. The normalized spacial score (nSPS) is 12.5. The van der Waals surface area contributed by atoms with Crippen molar-refractivity contribution < 1.29 is 0 Å². The molecular formula is C9H16N4S. The summed E-state index contributed by atoms with van der Waals surface area (Å²) in [5, 5.41) is 12.4. The van der Waals surface area contributed by atoms with Crippen LogP contribution in [-0.2, 0) is 0 Å². The van der Waals surface area contributed by atoms with Gasteiger partial charge in [0.1, 0.15) is 5.82 Å². The van der Waals surface area contributed by atoms with Crippen molar-refractivity contribution in [2.24, 2.45) is 4.99 Å². The van der Waals surface area contributed by atoms with E-state index in [1.807, 2.05) is 19.4 Å². The van der Waals surface area contributed by atoms with Crippen LogP contribution in [-0.4, -0.2) is 26.5 Å². The molecule has 0 aromatic heterocycles. The molecule has 78 valence electrons. The molecule has 0 atom stereocenters. The van der Waals surface area contributed by atoms with E-state index in [2.05, 4.69) is 21.7 Å². The van der Waals surface area contributed by atoms with Gasteiger partial charge in [0.15, 0.2) is 0 Å². The van der Waals surface area contributed by atoms with E-state index in [1.165, 1.54) is 11.9 Å². The Bertz CT molecular complexity index is 268. The fourth-order valence-corrected chi connectivity index (χ4v) is 1.15. The predicted molar refractivity (Wildman–Crippen MR) is 64.8 cm³/mol. The van der Waals surface area contributed by atoms with Crippen molar-refractivity contribution >= 4 is 24.4 Å². The maximum Gasteiger partial charge on any atom is 0.129 e. The van der Waals surface area contributed by atoms with E-state index in [0.717, 1.165) is 5.57 Å². The highest BCUT2D eigenvalue weighted by atomic mass is 32.2. The molecule has 0 aromatic rings. The van der Waals surface area contributed by atoms with Gasteiger partial charge in [-0.2, -0.15) is 0 Å². The lowest BCUT2D eigenvalue weighted by Gasteiger charge is -2.04. The molecule has 0 aliphatic carbocycles. The zero-order chi connectivity index (χ0) is 11.0. The van der Waals surface area contributed by atoms with Crippen LogP contribution in [0, 0.1) is 5.41 Å². The summed E-state index contributed by atoms with van der Waals surface area (Å²) in [7, 11) is 3.58. The maximum absolute atomic E-state index is 7.70. The van der Waals surface area contributed by atoms with Crippen LogP contribution in [0.3, 0.4) is 0 Å². The van der Waals surface area contributed by atoms with E-state index >= 15 is 0 Å². The van der Waals surface area contributed by atoms with E-state index < -0.39 is 0 Å². The molecule has 0 radical (unpaired) electrons. The van der Waals surface area contributed by atoms with Crippen LogP contribution in [0.2, 0.25) is 0 Å². The third kappa shape index (κ3) is 4.25. The predicted octanol–water partition coefficient (Wildman–Crippen LogP) is 1.54. The van der Waals surface area contributed by atoms with Crippen LogP contribution < -0.4 is 10.0 Å². The summed E-state index contributed by atoms with van der Waals surface area (Å²) in [4.78, 5) is 3.78. The second kappa shape index (κ2) is 7.34. The monoisotopic (exact) mass is 212 g/mol. The summed E-state index contributed by atoms with van der Waals surface area (Å²) in [6.07, 6.45) is 1.71. The Hall–Kier alpha value is -1.07. The van der Waals surface area contributed by atoms with Crippen molar-refractivity contribution in [3.63, 3.8) is 0 Å². The number of hydrogen-bond acceptors (Lipinski definition) is 5. The van der Waals surface area contributed by atoms with Gasteiger partial charge in [-0.05, 0) is 32.2 Å². The summed E-state index contributed by atoms with van der Waals surface area (Å²) in [6.45, 7) is 5.25. The van der Waals surface area contributed by atoms with Crippen LogP contribution in [0.5, 0.6) is 0 Å². The summed E-state index contributed by atoms with van der Waals surface area (Å²) in [6, 6.07) is 0. The number of nitrogens with zero attached hydrogens (tertiary/aromatic N) is 1. The Morgan fingerprint density at radius 3 is 2.57 bits per heavy atom. The van der Waals surface area contributed by atoms with E-state index in [0.29, 0.717) is 11.5 Å². The molecule has 14 heavy (non-hydrogen) atoms. The maximum atomic E-state index is 7.70. The molecule has 0 heterocycles. The summed E-state index contributed by atoms with van der Waals surface area (Å²) >= 11 is 1.42. The van der Waals surface area contributed by atoms with Gasteiger partial charge in [0.05, 0.1) is 5.71 Å². The molecule has 0 saturated carbocycles. The molecule has 0 spiro atoms. The highest BCUT2D eigenvalue weighted by Crippen LogP contribution is 2.05. The molecular weight excluding hydrogens is 196 g/mol. The Morgan fingerprint density at radius 1 is 1.50 bits per heavy atom. The number of aliphatic imine (C=N–C) groups is 1. The van der Waals surface area contributed by atoms with Crippen molar-refractivity contribution in [2.75, 3.05) is 14.1 Å². The molecule has 0 aliphatic rings. The molecule has 0 bridgehead atoms. The zero-order valence-electron chi connectivity index (χ0n) is 8.72. The minimum Gasteiger partial charge on any atom is -0.373 e. The molecule has 5 heteroatoms. The van der Waals surface area contributed by atoms with Crippen molar-refractivity contribution in [1.29, 1.82) is 5.41 Å². The fourth-order valence-electron chi connectivity index (χ4n) is 0.808. The molecule has 0 saturated heterocycles. The largest absolute Gasteiger partial charge is 0.373 e. The van der Waals surface area contributed by atoms with Gasteiger partial charge in [0.25, 0.3) is 0 Å². The molecule has 0 fully saturated rings. The summed E-state index contributed by atoms with van der Waals surface area (Å²) in [5.74, 6) is 0.633. The van der Waals surface area contributed by atoms with Crippen molar-refractivity contribution in [3.8, 4) is 0 Å². The van der Waals surface area contributed by atoms with E-state index in [1.54, 1.807) is 13.1 Å². The molecule has 3 N–H and O–H groups in total. The van der Waals surface area contributed by atoms with Crippen molar-refractivity contribution in [1.82, 2.24) is 10.0 Å². The lowest BCUT2D eigenvalue weighted by molar-refractivity contribution is 0.954. The third-order valence-corrected chi connectivity index (χ3v) is 2.08. The Kier molecular flexibility index (Phi) is 6.78. The molecule has 0 aromatic carbocycles. The number of allylic oxidation sites excluding steroid dienone is 2. The third-order valence-electron chi connectivity index (χ3n) is 1.57. The topological polar surface area (TPSA) is 60.3 Å². The summed E-state index contributed by atoms with van der Waals surface area (Å²) in [5.41, 5.74) is 1.19. The first-order valence-corrected chi connectivity index (χ1v) is 4.98. The second-order valence-electron chi connectivity index (χ2n) is 2.42. The number of hydrogen-bond donors (Lipinski definition) is 3. The van der Waals surface area contributed by atoms with Crippen molar-refractivity contribution in [2.45, 2.75) is 6.92 Å². The SMILES string of the molecule is C=N/C(NC)=C(/C)C(=N)/C=C/SNC. The van der Waals surface area contributed by atoms with Gasteiger partial charge in [-0.25, -0.2) is 4.99 Å². The minimum atomic E-state index is 0.421. The van der Waals surface area contributed by atoms with Gasteiger partial charge < -0.3 is 10.7 Å². The zero-order valence-corrected chi connectivity index (χ0v) is 9.53. The summed E-state index contributed by atoms with van der Waals surface area (Å²) < 4.78 is 2.88. The molecule has 0 rings (SSSR count). The van der Waals surface area contributed by atoms with Crippen LogP contribution in [0.25, 0.3) is 0 Å². The van der Waals surface area contributed by atoms with E-state index in [9.17, 15) is 0 Å². The first kappa shape index (κ1) is 12.9. The van der Waals surface area contributed by atoms with Gasteiger partial charge in [-0.3, -0.25) is 4.72 Å². The Balaban J connectivity index is 4.52. The highest BCUT2D eigenvalue weighted by Gasteiger charge is 2.01. The van der Waals surface area contributed by atoms with Gasteiger partial charge in [0, 0.05) is 12.6 Å². The van der Waals surface area contributed by atoms with Gasteiger partial charge in [-0.15, -0.1) is 0 Å². The van der Waals surface area contributed by atoms with Crippen LogP contribution in [0.1, 0.15) is 6.92 Å². The van der Waals surface area contributed by atoms with Gasteiger partial charge >= 0.3 is 0 Å². The fraction of sp³-hybridized carbons (Fsp3) is 0.333. The standard InChI is InChI=1S/C9H16N4S/c1-7(9(11-2)12-3)8(10)5-6-14-13-4/h5-6,10,12-13H,2H2,1,3-4H3/b6-5+,9-7+,10-8?. The van der Waals surface area contributed by atoms with Crippen molar-refractivity contribution in [3.05, 3.63) is 22.9 Å². The average molecular weight is 212 g/mol. The quantitative estimate of drug-likeness (QED) is 0.462. The van der Waals surface area contributed by atoms with Crippen LogP contribution >= 0.6 is 11.9 Å². The molecule has 4 nitrogen and oxygen atoms in total. The van der Waals surface area contributed by atoms with Crippen LogP contribution in [0.4, 0.5) is 0 Å². The molecule has 0 unspecified atom stereocenters. The highest BCUT2D eigenvalue weighted by molar-refractivity contribution is 8.00.